The second-order valence-corrected chi connectivity index (χ2v) is 7.51. The van der Waals surface area contributed by atoms with Crippen LogP contribution in [-0.4, -0.2) is 54.4 Å². The average molecular weight is 394 g/mol. The standard InChI is InChI=1S/C20H30N2O6/c1-14(2)22(19(25)28-20(3,4)5)12-16(17(23)26-6)21-18(24)27-13-15-10-8-7-9-11-15/h7-11,14,16H,12-13H2,1-6H3,(H,21,24). The highest BCUT2D eigenvalue weighted by Gasteiger charge is 2.31. The Morgan fingerprint density at radius 3 is 2.21 bits per heavy atom. The van der Waals surface area contributed by atoms with Crippen molar-refractivity contribution in [2.45, 2.75) is 58.9 Å². The molecular formula is C20H30N2O6. The lowest BCUT2D eigenvalue weighted by Crippen LogP contribution is -2.53. The number of alkyl carbamates (subject to hydrolysis) is 1. The van der Waals surface area contributed by atoms with Gasteiger partial charge < -0.3 is 24.4 Å². The van der Waals surface area contributed by atoms with Crippen molar-refractivity contribution in [1.82, 2.24) is 10.2 Å². The fraction of sp³-hybridized carbons (Fsp3) is 0.550. The van der Waals surface area contributed by atoms with Crippen LogP contribution in [0.15, 0.2) is 30.3 Å². The Bertz CT molecular complexity index is 654. The predicted molar refractivity (Wildman–Crippen MR) is 104 cm³/mol. The Kier molecular flexibility index (Phi) is 8.76. The van der Waals surface area contributed by atoms with E-state index in [0.717, 1.165) is 5.56 Å². The zero-order valence-electron chi connectivity index (χ0n) is 17.4. The van der Waals surface area contributed by atoms with Crippen LogP contribution in [0.1, 0.15) is 40.2 Å². The van der Waals surface area contributed by atoms with Crippen molar-refractivity contribution in [1.29, 1.82) is 0 Å². The molecule has 0 aliphatic heterocycles. The first-order valence-electron chi connectivity index (χ1n) is 9.08. The van der Waals surface area contributed by atoms with Gasteiger partial charge in [-0.1, -0.05) is 30.3 Å². The van der Waals surface area contributed by atoms with Gasteiger partial charge in [-0.25, -0.2) is 14.4 Å². The van der Waals surface area contributed by atoms with Crippen LogP contribution in [0.25, 0.3) is 0 Å². The van der Waals surface area contributed by atoms with Crippen molar-refractivity contribution in [2.75, 3.05) is 13.7 Å². The molecule has 1 aromatic rings. The van der Waals surface area contributed by atoms with Crippen LogP contribution in [0.5, 0.6) is 0 Å². The summed E-state index contributed by atoms with van der Waals surface area (Å²) in [5.41, 5.74) is 0.123. The highest BCUT2D eigenvalue weighted by molar-refractivity contribution is 5.82. The second kappa shape index (κ2) is 10.5. The first kappa shape index (κ1) is 23.3. The van der Waals surface area contributed by atoms with Crippen molar-refractivity contribution in [2.24, 2.45) is 0 Å². The van der Waals surface area contributed by atoms with Crippen LogP contribution in [0.4, 0.5) is 9.59 Å². The normalized spacial score (nSPS) is 12.1. The quantitative estimate of drug-likeness (QED) is 0.564. The molecule has 1 aromatic carbocycles. The number of nitrogens with zero attached hydrogens (tertiary/aromatic N) is 1. The smallest absolute Gasteiger partial charge is 0.410 e. The molecule has 1 atom stereocenters. The molecule has 0 aromatic heterocycles. The van der Waals surface area contributed by atoms with Crippen LogP contribution in [-0.2, 0) is 25.6 Å². The lowest BCUT2D eigenvalue weighted by molar-refractivity contribution is -0.143. The number of carbonyl (C=O) groups is 3. The zero-order valence-corrected chi connectivity index (χ0v) is 17.4. The predicted octanol–water partition coefficient (Wildman–Crippen LogP) is 3.10. The maximum Gasteiger partial charge on any atom is 0.410 e. The molecular weight excluding hydrogens is 364 g/mol. The molecule has 1 unspecified atom stereocenters. The molecule has 28 heavy (non-hydrogen) atoms. The largest absolute Gasteiger partial charge is 0.467 e. The summed E-state index contributed by atoms with van der Waals surface area (Å²) in [5.74, 6) is -0.689. The molecule has 0 fully saturated rings. The summed E-state index contributed by atoms with van der Waals surface area (Å²) in [6, 6.07) is 7.79. The monoisotopic (exact) mass is 394 g/mol. The van der Waals surface area contributed by atoms with Gasteiger partial charge in [0.25, 0.3) is 0 Å². The van der Waals surface area contributed by atoms with Crippen molar-refractivity contribution in [3.8, 4) is 0 Å². The molecule has 1 N–H and O–H groups in total. The Morgan fingerprint density at radius 1 is 1.11 bits per heavy atom. The molecule has 0 saturated carbocycles. The molecule has 0 aliphatic carbocycles. The third kappa shape index (κ3) is 8.28. The van der Waals surface area contributed by atoms with Gasteiger partial charge in [0.1, 0.15) is 18.2 Å². The van der Waals surface area contributed by atoms with Crippen molar-refractivity contribution in [3.63, 3.8) is 0 Å². The summed E-state index contributed by atoms with van der Waals surface area (Å²) in [4.78, 5) is 38.0. The molecule has 8 heteroatoms. The van der Waals surface area contributed by atoms with Crippen LogP contribution in [0.3, 0.4) is 0 Å². The van der Waals surface area contributed by atoms with E-state index in [-0.39, 0.29) is 19.2 Å². The molecule has 0 radical (unpaired) electrons. The first-order valence-corrected chi connectivity index (χ1v) is 9.08. The number of esters is 1. The van der Waals surface area contributed by atoms with Crippen LogP contribution < -0.4 is 5.32 Å². The summed E-state index contributed by atoms with van der Waals surface area (Å²) in [5, 5.41) is 2.46. The molecule has 0 bridgehead atoms. The summed E-state index contributed by atoms with van der Waals surface area (Å²) < 4.78 is 15.3. The van der Waals surface area contributed by atoms with E-state index in [0.29, 0.717) is 0 Å². The Balaban J connectivity index is 2.78. The lowest BCUT2D eigenvalue weighted by Gasteiger charge is -2.32. The van der Waals surface area contributed by atoms with Gasteiger partial charge >= 0.3 is 18.2 Å². The number of benzene rings is 1. The summed E-state index contributed by atoms with van der Waals surface area (Å²) >= 11 is 0. The summed E-state index contributed by atoms with van der Waals surface area (Å²) in [7, 11) is 1.21. The van der Waals surface area contributed by atoms with Crippen LogP contribution in [0.2, 0.25) is 0 Å². The van der Waals surface area contributed by atoms with E-state index in [4.69, 9.17) is 14.2 Å². The third-order valence-electron chi connectivity index (χ3n) is 3.62. The van der Waals surface area contributed by atoms with Gasteiger partial charge in [0.2, 0.25) is 0 Å². The number of rotatable bonds is 7. The molecule has 0 spiro atoms. The Morgan fingerprint density at radius 2 is 1.71 bits per heavy atom. The number of hydrogen-bond acceptors (Lipinski definition) is 6. The zero-order chi connectivity index (χ0) is 21.3. The van der Waals surface area contributed by atoms with Gasteiger partial charge in [0.15, 0.2) is 0 Å². The molecule has 0 saturated heterocycles. The molecule has 1 rings (SSSR count). The molecule has 156 valence electrons. The van der Waals surface area contributed by atoms with Crippen molar-refractivity contribution in [3.05, 3.63) is 35.9 Å². The second-order valence-electron chi connectivity index (χ2n) is 7.51. The van der Waals surface area contributed by atoms with Gasteiger partial charge in [0.05, 0.1) is 13.7 Å². The van der Waals surface area contributed by atoms with Crippen molar-refractivity contribution >= 4 is 18.2 Å². The number of amides is 2. The highest BCUT2D eigenvalue weighted by atomic mass is 16.6. The number of methoxy groups -OCH3 is 1. The fourth-order valence-electron chi connectivity index (χ4n) is 2.24. The number of hydrogen-bond donors (Lipinski definition) is 1. The van der Waals surface area contributed by atoms with Gasteiger partial charge in [-0.15, -0.1) is 0 Å². The Hall–Kier alpha value is -2.77. The summed E-state index contributed by atoms with van der Waals surface area (Å²) in [6.07, 6.45) is -1.37. The lowest BCUT2D eigenvalue weighted by atomic mass is 10.2. The van der Waals surface area contributed by atoms with E-state index < -0.39 is 29.8 Å². The minimum absolute atomic E-state index is 0.0561. The van der Waals surface area contributed by atoms with E-state index in [1.54, 1.807) is 34.6 Å². The van der Waals surface area contributed by atoms with E-state index >= 15 is 0 Å². The minimum Gasteiger partial charge on any atom is -0.467 e. The highest BCUT2D eigenvalue weighted by Crippen LogP contribution is 2.13. The van der Waals surface area contributed by atoms with E-state index in [1.807, 2.05) is 30.3 Å². The van der Waals surface area contributed by atoms with E-state index in [9.17, 15) is 14.4 Å². The van der Waals surface area contributed by atoms with Gasteiger partial charge in [-0.05, 0) is 40.2 Å². The summed E-state index contributed by atoms with van der Waals surface area (Å²) in [6.45, 7) is 8.76. The molecule has 2 amide bonds. The van der Waals surface area contributed by atoms with E-state index in [1.165, 1.54) is 12.0 Å². The number of ether oxygens (including phenoxy) is 3. The molecule has 0 heterocycles. The maximum absolute atomic E-state index is 12.5. The van der Waals surface area contributed by atoms with Gasteiger partial charge in [-0.3, -0.25) is 0 Å². The van der Waals surface area contributed by atoms with Gasteiger partial charge in [-0.2, -0.15) is 0 Å². The molecule has 0 aliphatic rings. The average Bonchev–Trinajstić information content (AvgIpc) is 2.61. The number of carbonyl (C=O) groups excluding carboxylic acids is 3. The topological polar surface area (TPSA) is 94.2 Å². The van der Waals surface area contributed by atoms with E-state index in [2.05, 4.69) is 5.32 Å². The third-order valence-corrected chi connectivity index (χ3v) is 3.62. The Labute approximate surface area is 166 Å². The van der Waals surface area contributed by atoms with Crippen LogP contribution >= 0.6 is 0 Å². The van der Waals surface area contributed by atoms with Gasteiger partial charge in [0, 0.05) is 6.04 Å². The number of nitrogens with one attached hydrogen (secondary N) is 1. The first-order chi connectivity index (χ1) is 13.0. The van der Waals surface area contributed by atoms with Crippen LogP contribution in [0, 0.1) is 0 Å². The van der Waals surface area contributed by atoms with Crippen molar-refractivity contribution < 1.29 is 28.6 Å². The molecule has 8 nitrogen and oxygen atoms in total. The minimum atomic E-state index is -1.09. The fourth-order valence-corrected chi connectivity index (χ4v) is 2.24. The maximum atomic E-state index is 12.5. The SMILES string of the molecule is COC(=O)C(CN(C(=O)OC(C)(C)C)C(C)C)NC(=O)OCc1ccccc1.